The maximum Gasteiger partial charge on any atom is 0.319 e. The van der Waals surface area contributed by atoms with Crippen molar-refractivity contribution in [1.29, 1.82) is 0 Å². The molecule has 0 radical (unpaired) electrons. The average Bonchev–Trinajstić information content (AvgIpc) is 2.83. The fourth-order valence-corrected chi connectivity index (χ4v) is 1.90. The SMILES string of the molecule is COCCN(C)C(=O)N(C)C1COCC1C(=O)O. The third-order valence-corrected chi connectivity index (χ3v) is 3.12. The molecule has 0 aromatic carbocycles. The van der Waals surface area contributed by atoms with Crippen LogP contribution in [0.2, 0.25) is 0 Å². The van der Waals surface area contributed by atoms with Crippen LogP contribution in [-0.4, -0.2) is 80.5 Å². The number of carboxylic acids is 1. The Labute approximate surface area is 106 Å². The number of carboxylic acid groups (broad SMARTS) is 1. The summed E-state index contributed by atoms with van der Waals surface area (Å²) in [5.41, 5.74) is 0. The van der Waals surface area contributed by atoms with Crippen molar-refractivity contribution < 1.29 is 24.2 Å². The Hall–Kier alpha value is -1.34. The van der Waals surface area contributed by atoms with Crippen LogP contribution in [0.5, 0.6) is 0 Å². The molecule has 0 saturated carbocycles. The lowest BCUT2D eigenvalue weighted by molar-refractivity contribution is -0.142. The van der Waals surface area contributed by atoms with Crippen LogP contribution in [-0.2, 0) is 14.3 Å². The van der Waals surface area contributed by atoms with Crippen molar-refractivity contribution in [2.24, 2.45) is 5.92 Å². The summed E-state index contributed by atoms with van der Waals surface area (Å²) in [5.74, 6) is -1.59. The van der Waals surface area contributed by atoms with Gasteiger partial charge in [0.1, 0.15) is 5.92 Å². The molecule has 7 nitrogen and oxygen atoms in total. The highest BCUT2D eigenvalue weighted by molar-refractivity contribution is 5.77. The molecular weight excluding hydrogens is 240 g/mol. The van der Waals surface area contributed by atoms with Crippen molar-refractivity contribution in [3.63, 3.8) is 0 Å². The van der Waals surface area contributed by atoms with Gasteiger partial charge in [0, 0.05) is 27.7 Å². The van der Waals surface area contributed by atoms with Crippen molar-refractivity contribution >= 4 is 12.0 Å². The first-order chi connectivity index (χ1) is 8.49. The largest absolute Gasteiger partial charge is 0.481 e. The van der Waals surface area contributed by atoms with Gasteiger partial charge in [-0.15, -0.1) is 0 Å². The maximum absolute atomic E-state index is 12.1. The Morgan fingerprint density at radius 1 is 1.39 bits per heavy atom. The summed E-state index contributed by atoms with van der Waals surface area (Å²) in [5, 5.41) is 9.04. The zero-order valence-electron chi connectivity index (χ0n) is 11.0. The second-order valence-corrected chi connectivity index (χ2v) is 4.36. The van der Waals surface area contributed by atoms with Crippen molar-refractivity contribution in [3.8, 4) is 0 Å². The quantitative estimate of drug-likeness (QED) is 0.735. The lowest BCUT2D eigenvalue weighted by atomic mass is 10.0. The number of rotatable bonds is 5. The normalized spacial score (nSPS) is 22.8. The standard InChI is InChI=1S/C11H20N2O5/c1-12(4-5-17-3)11(16)13(2)9-7-18-6-8(9)10(14)15/h8-9H,4-7H2,1-3H3,(H,14,15). The molecule has 2 unspecified atom stereocenters. The fourth-order valence-electron chi connectivity index (χ4n) is 1.90. The Bertz CT molecular complexity index is 310. The van der Waals surface area contributed by atoms with E-state index in [0.29, 0.717) is 13.2 Å². The summed E-state index contributed by atoms with van der Waals surface area (Å²) >= 11 is 0. The highest BCUT2D eigenvalue weighted by Crippen LogP contribution is 2.19. The molecule has 0 bridgehead atoms. The molecule has 2 amide bonds. The van der Waals surface area contributed by atoms with E-state index >= 15 is 0 Å². The molecule has 104 valence electrons. The molecule has 1 rings (SSSR count). The van der Waals surface area contributed by atoms with Crippen LogP contribution in [0.1, 0.15) is 0 Å². The lowest BCUT2D eigenvalue weighted by Gasteiger charge is -2.30. The highest BCUT2D eigenvalue weighted by atomic mass is 16.5. The van der Waals surface area contributed by atoms with Gasteiger partial charge in [0.05, 0.1) is 25.9 Å². The van der Waals surface area contributed by atoms with Gasteiger partial charge in [0.25, 0.3) is 0 Å². The number of carbonyl (C=O) groups excluding carboxylic acids is 1. The molecule has 7 heteroatoms. The van der Waals surface area contributed by atoms with Crippen molar-refractivity contribution in [2.75, 3.05) is 47.6 Å². The van der Waals surface area contributed by atoms with E-state index in [1.54, 1.807) is 21.2 Å². The molecule has 1 aliphatic heterocycles. The topological polar surface area (TPSA) is 79.3 Å². The number of carbonyl (C=O) groups is 2. The summed E-state index contributed by atoms with van der Waals surface area (Å²) in [4.78, 5) is 26.0. The monoisotopic (exact) mass is 260 g/mol. The number of nitrogens with zero attached hydrogens (tertiary/aromatic N) is 2. The summed E-state index contributed by atoms with van der Waals surface area (Å²) in [6, 6.07) is -0.645. The van der Waals surface area contributed by atoms with Crippen molar-refractivity contribution in [1.82, 2.24) is 9.80 Å². The second-order valence-electron chi connectivity index (χ2n) is 4.36. The van der Waals surface area contributed by atoms with Crippen LogP contribution in [0.15, 0.2) is 0 Å². The van der Waals surface area contributed by atoms with Gasteiger partial charge in [-0.25, -0.2) is 4.79 Å². The third kappa shape index (κ3) is 3.33. The van der Waals surface area contributed by atoms with E-state index in [2.05, 4.69) is 0 Å². The van der Waals surface area contributed by atoms with Crippen LogP contribution in [0, 0.1) is 5.92 Å². The Morgan fingerprint density at radius 2 is 2.06 bits per heavy atom. The number of methoxy groups -OCH3 is 1. The van der Waals surface area contributed by atoms with E-state index < -0.39 is 17.9 Å². The molecule has 0 aromatic rings. The Balaban J connectivity index is 2.59. The van der Waals surface area contributed by atoms with Crippen molar-refractivity contribution in [3.05, 3.63) is 0 Å². The van der Waals surface area contributed by atoms with Gasteiger partial charge >= 0.3 is 12.0 Å². The zero-order chi connectivity index (χ0) is 13.7. The van der Waals surface area contributed by atoms with Crippen molar-refractivity contribution in [2.45, 2.75) is 6.04 Å². The second kappa shape index (κ2) is 6.55. The first-order valence-electron chi connectivity index (χ1n) is 5.76. The van der Waals surface area contributed by atoms with Crippen LogP contribution >= 0.6 is 0 Å². The van der Waals surface area contributed by atoms with Gasteiger partial charge < -0.3 is 24.4 Å². The van der Waals surface area contributed by atoms with E-state index in [9.17, 15) is 9.59 Å². The molecule has 1 saturated heterocycles. The Kier molecular flexibility index (Phi) is 5.36. The number of urea groups is 1. The number of aliphatic carboxylic acids is 1. The van der Waals surface area contributed by atoms with Gasteiger partial charge in [0.15, 0.2) is 0 Å². The third-order valence-electron chi connectivity index (χ3n) is 3.12. The predicted octanol–water partition coefficient (Wildman–Crippen LogP) is -0.284. The zero-order valence-corrected chi connectivity index (χ0v) is 11.0. The number of amides is 2. The van der Waals surface area contributed by atoms with Gasteiger partial charge in [-0.2, -0.15) is 0 Å². The molecule has 1 aliphatic rings. The molecule has 1 N–H and O–H groups in total. The molecule has 18 heavy (non-hydrogen) atoms. The molecule has 0 aliphatic carbocycles. The number of ether oxygens (including phenoxy) is 2. The van der Waals surface area contributed by atoms with Crippen LogP contribution in [0.25, 0.3) is 0 Å². The van der Waals surface area contributed by atoms with E-state index in [1.165, 1.54) is 9.80 Å². The van der Waals surface area contributed by atoms with Crippen LogP contribution in [0.3, 0.4) is 0 Å². The van der Waals surface area contributed by atoms with Crippen LogP contribution in [0.4, 0.5) is 4.79 Å². The molecule has 1 heterocycles. The van der Waals surface area contributed by atoms with E-state index in [-0.39, 0.29) is 19.2 Å². The minimum Gasteiger partial charge on any atom is -0.481 e. The summed E-state index contributed by atoms with van der Waals surface area (Å²) in [7, 11) is 4.82. The van der Waals surface area contributed by atoms with Gasteiger partial charge in [-0.1, -0.05) is 0 Å². The number of hydrogen-bond donors (Lipinski definition) is 1. The first kappa shape index (κ1) is 14.7. The lowest BCUT2D eigenvalue weighted by Crippen LogP contribution is -2.49. The predicted molar refractivity (Wildman–Crippen MR) is 63.4 cm³/mol. The smallest absolute Gasteiger partial charge is 0.319 e. The molecule has 0 spiro atoms. The van der Waals surface area contributed by atoms with E-state index in [1.807, 2.05) is 0 Å². The maximum atomic E-state index is 12.1. The molecular formula is C11H20N2O5. The minimum absolute atomic E-state index is 0.152. The number of hydrogen-bond acceptors (Lipinski definition) is 4. The Morgan fingerprint density at radius 3 is 2.61 bits per heavy atom. The van der Waals surface area contributed by atoms with Gasteiger partial charge in [-0.3, -0.25) is 4.79 Å². The average molecular weight is 260 g/mol. The van der Waals surface area contributed by atoms with E-state index in [4.69, 9.17) is 14.6 Å². The first-order valence-corrected chi connectivity index (χ1v) is 5.76. The fraction of sp³-hybridized carbons (Fsp3) is 0.818. The molecule has 1 fully saturated rings. The van der Waals surface area contributed by atoms with E-state index in [0.717, 1.165) is 0 Å². The van der Waals surface area contributed by atoms with Crippen LogP contribution < -0.4 is 0 Å². The summed E-state index contributed by atoms with van der Waals surface area (Å²) < 4.78 is 10.0. The molecule has 0 aromatic heterocycles. The summed E-state index contributed by atoms with van der Waals surface area (Å²) in [6.07, 6.45) is 0. The summed E-state index contributed by atoms with van der Waals surface area (Å²) in [6.45, 7) is 1.32. The minimum atomic E-state index is -0.934. The molecule has 2 atom stereocenters. The highest BCUT2D eigenvalue weighted by Gasteiger charge is 2.39. The van der Waals surface area contributed by atoms with Gasteiger partial charge in [-0.05, 0) is 0 Å². The van der Waals surface area contributed by atoms with Gasteiger partial charge in [0.2, 0.25) is 0 Å². The number of likely N-dealkylation sites (N-methyl/N-ethyl adjacent to an activating group) is 2.